The molecule has 4 rings (SSSR count). The van der Waals surface area contributed by atoms with Gasteiger partial charge in [0.05, 0.1) is 31.1 Å². The molecule has 28 heavy (non-hydrogen) atoms. The van der Waals surface area contributed by atoms with Gasteiger partial charge in [-0.25, -0.2) is 4.68 Å². The second kappa shape index (κ2) is 7.96. The zero-order valence-electron chi connectivity index (χ0n) is 15.7. The molecule has 0 radical (unpaired) electrons. The minimum atomic E-state index is -0.00661. The SMILES string of the molecule is Cc1ccc(N(Cc2ccco2)C(=O)Cc2cnn(-c3ccccc3)c2)cc1. The fourth-order valence-corrected chi connectivity index (χ4v) is 3.05. The Balaban J connectivity index is 1.55. The van der Waals surface area contributed by atoms with Crippen LogP contribution >= 0.6 is 0 Å². The van der Waals surface area contributed by atoms with E-state index in [4.69, 9.17) is 4.42 Å². The van der Waals surface area contributed by atoms with Crippen LogP contribution in [0.2, 0.25) is 0 Å². The fraction of sp³-hybridized carbons (Fsp3) is 0.130. The Morgan fingerprint density at radius 3 is 2.54 bits per heavy atom. The summed E-state index contributed by atoms with van der Waals surface area (Å²) in [5.74, 6) is 0.738. The number of hydrogen-bond acceptors (Lipinski definition) is 3. The number of para-hydroxylation sites is 1. The van der Waals surface area contributed by atoms with E-state index >= 15 is 0 Å². The Bertz CT molecular complexity index is 1040. The van der Waals surface area contributed by atoms with Crippen LogP contribution in [0.25, 0.3) is 5.69 Å². The molecule has 5 heteroatoms. The van der Waals surface area contributed by atoms with Crippen LogP contribution in [-0.2, 0) is 17.8 Å². The van der Waals surface area contributed by atoms with Crippen molar-refractivity contribution in [3.05, 3.63) is 102 Å². The first-order valence-corrected chi connectivity index (χ1v) is 9.17. The number of anilines is 1. The largest absolute Gasteiger partial charge is 0.467 e. The van der Waals surface area contributed by atoms with Gasteiger partial charge in [-0.2, -0.15) is 5.10 Å². The van der Waals surface area contributed by atoms with Gasteiger partial charge in [0.25, 0.3) is 0 Å². The molecule has 0 atom stereocenters. The van der Waals surface area contributed by atoms with E-state index in [1.807, 2.05) is 79.9 Å². The monoisotopic (exact) mass is 371 g/mol. The Labute approximate surface area is 163 Å². The van der Waals surface area contributed by atoms with Crippen LogP contribution in [-0.4, -0.2) is 15.7 Å². The lowest BCUT2D eigenvalue weighted by atomic mass is 10.1. The van der Waals surface area contributed by atoms with E-state index < -0.39 is 0 Å². The Morgan fingerprint density at radius 1 is 1.04 bits per heavy atom. The molecule has 0 aliphatic carbocycles. The summed E-state index contributed by atoms with van der Waals surface area (Å²) in [7, 11) is 0. The highest BCUT2D eigenvalue weighted by Crippen LogP contribution is 2.20. The zero-order valence-corrected chi connectivity index (χ0v) is 15.7. The summed E-state index contributed by atoms with van der Waals surface area (Å²) >= 11 is 0. The lowest BCUT2D eigenvalue weighted by Crippen LogP contribution is -2.31. The second-order valence-corrected chi connectivity index (χ2v) is 6.70. The quantitative estimate of drug-likeness (QED) is 0.500. The standard InChI is InChI=1S/C23H21N3O2/c1-18-9-11-20(12-10-18)25(17-22-8-5-13-28-22)23(27)14-19-15-24-26(16-19)21-6-3-2-4-7-21/h2-13,15-16H,14,17H2,1H3. The minimum Gasteiger partial charge on any atom is -0.467 e. The van der Waals surface area contributed by atoms with Crippen molar-refractivity contribution in [3.8, 4) is 5.69 Å². The molecule has 0 fully saturated rings. The number of amides is 1. The van der Waals surface area contributed by atoms with E-state index in [9.17, 15) is 4.79 Å². The van der Waals surface area contributed by atoms with Crippen molar-refractivity contribution in [2.45, 2.75) is 19.9 Å². The highest BCUT2D eigenvalue weighted by molar-refractivity contribution is 5.94. The third-order valence-electron chi connectivity index (χ3n) is 4.55. The number of carbonyl (C=O) groups excluding carboxylic acids is 1. The number of benzene rings is 2. The summed E-state index contributed by atoms with van der Waals surface area (Å²) in [6.45, 7) is 2.42. The summed E-state index contributed by atoms with van der Waals surface area (Å²) in [5.41, 5.74) is 3.83. The fourth-order valence-electron chi connectivity index (χ4n) is 3.05. The van der Waals surface area contributed by atoms with Gasteiger partial charge < -0.3 is 9.32 Å². The van der Waals surface area contributed by atoms with Gasteiger partial charge in [-0.05, 0) is 48.9 Å². The molecule has 0 unspecified atom stereocenters. The molecule has 0 saturated carbocycles. The predicted molar refractivity (Wildman–Crippen MR) is 108 cm³/mol. The summed E-state index contributed by atoms with van der Waals surface area (Å²) in [4.78, 5) is 14.9. The molecule has 0 bridgehead atoms. The third-order valence-corrected chi connectivity index (χ3v) is 4.55. The first-order chi connectivity index (χ1) is 13.7. The van der Waals surface area contributed by atoms with E-state index in [2.05, 4.69) is 5.10 Å². The van der Waals surface area contributed by atoms with Crippen molar-refractivity contribution in [3.63, 3.8) is 0 Å². The third kappa shape index (κ3) is 4.04. The topological polar surface area (TPSA) is 51.3 Å². The molecule has 2 aromatic carbocycles. The number of carbonyl (C=O) groups is 1. The van der Waals surface area contributed by atoms with Gasteiger partial charge in [-0.15, -0.1) is 0 Å². The first-order valence-electron chi connectivity index (χ1n) is 9.17. The number of aromatic nitrogens is 2. The van der Waals surface area contributed by atoms with Gasteiger partial charge in [0.1, 0.15) is 5.76 Å². The van der Waals surface area contributed by atoms with E-state index in [0.717, 1.165) is 28.3 Å². The number of aryl methyl sites for hydroxylation is 1. The first kappa shape index (κ1) is 17.8. The number of furan rings is 1. The van der Waals surface area contributed by atoms with Crippen LogP contribution in [0.4, 0.5) is 5.69 Å². The van der Waals surface area contributed by atoms with Gasteiger partial charge in [-0.1, -0.05) is 35.9 Å². The van der Waals surface area contributed by atoms with Gasteiger partial charge in [0, 0.05) is 11.9 Å². The zero-order chi connectivity index (χ0) is 19.3. The van der Waals surface area contributed by atoms with Crippen molar-refractivity contribution < 1.29 is 9.21 Å². The van der Waals surface area contributed by atoms with Gasteiger partial charge in [0.2, 0.25) is 5.91 Å². The lowest BCUT2D eigenvalue weighted by molar-refractivity contribution is -0.118. The number of hydrogen-bond donors (Lipinski definition) is 0. The summed E-state index contributed by atoms with van der Waals surface area (Å²) in [5, 5.41) is 4.39. The minimum absolute atomic E-state index is 0.00661. The van der Waals surface area contributed by atoms with Crippen LogP contribution in [0, 0.1) is 6.92 Å². The predicted octanol–water partition coefficient (Wildman–Crippen LogP) is 4.55. The Morgan fingerprint density at radius 2 is 1.82 bits per heavy atom. The summed E-state index contributed by atoms with van der Waals surface area (Å²) in [6, 6.07) is 21.5. The molecular formula is C23H21N3O2. The van der Waals surface area contributed by atoms with Gasteiger partial charge >= 0.3 is 0 Å². The molecule has 1 amide bonds. The average molecular weight is 371 g/mol. The smallest absolute Gasteiger partial charge is 0.231 e. The van der Waals surface area contributed by atoms with E-state index in [0.29, 0.717) is 6.54 Å². The molecule has 0 aliphatic heterocycles. The molecule has 2 aromatic heterocycles. The number of nitrogens with zero attached hydrogens (tertiary/aromatic N) is 3. The Kier molecular flexibility index (Phi) is 5.06. The van der Waals surface area contributed by atoms with E-state index in [-0.39, 0.29) is 12.3 Å². The molecule has 0 saturated heterocycles. The normalized spacial score (nSPS) is 10.8. The molecule has 2 heterocycles. The van der Waals surface area contributed by atoms with E-state index in [1.165, 1.54) is 0 Å². The maximum absolute atomic E-state index is 13.1. The van der Waals surface area contributed by atoms with E-state index in [1.54, 1.807) is 22.0 Å². The molecule has 5 nitrogen and oxygen atoms in total. The average Bonchev–Trinajstić information content (AvgIpc) is 3.40. The maximum atomic E-state index is 13.1. The van der Waals surface area contributed by atoms with Crippen molar-refractivity contribution in [2.75, 3.05) is 4.90 Å². The highest BCUT2D eigenvalue weighted by Gasteiger charge is 2.19. The van der Waals surface area contributed by atoms with Gasteiger partial charge in [-0.3, -0.25) is 4.79 Å². The van der Waals surface area contributed by atoms with Crippen molar-refractivity contribution in [1.29, 1.82) is 0 Å². The van der Waals surface area contributed by atoms with Gasteiger partial charge in [0.15, 0.2) is 0 Å². The molecule has 140 valence electrons. The molecule has 0 aliphatic rings. The number of rotatable bonds is 6. The second-order valence-electron chi connectivity index (χ2n) is 6.70. The highest BCUT2D eigenvalue weighted by atomic mass is 16.3. The van der Waals surface area contributed by atoms with Crippen LogP contribution in [0.5, 0.6) is 0 Å². The van der Waals surface area contributed by atoms with Crippen molar-refractivity contribution >= 4 is 11.6 Å². The molecular weight excluding hydrogens is 350 g/mol. The molecule has 4 aromatic rings. The van der Waals surface area contributed by atoms with Crippen LogP contribution in [0.15, 0.2) is 89.8 Å². The van der Waals surface area contributed by atoms with Crippen LogP contribution in [0.1, 0.15) is 16.9 Å². The summed E-state index contributed by atoms with van der Waals surface area (Å²) < 4.78 is 7.24. The van der Waals surface area contributed by atoms with Crippen molar-refractivity contribution in [2.24, 2.45) is 0 Å². The maximum Gasteiger partial charge on any atom is 0.231 e. The molecule has 0 N–H and O–H groups in total. The Hall–Kier alpha value is -3.60. The lowest BCUT2D eigenvalue weighted by Gasteiger charge is -2.22. The summed E-state index contributed by atoms with van der Waals surface area (Å²) in [6.07, 6.45) is 5.52. The van der Waals surface area contributed by atoms with Crippen molar-refractivity contribution in [1.82, 2.24) is 9.78 Å². The molecule has 0 spiro atoms. The van der Waals surface area contributed by atoms with Crippen LogP contribution < -0.4 is 4.90 Å². The van der Waals surface area contributed by atoms with Crippen LogP contribution in [0.3, 0.4) is 0 Å².